The van der Waals surface area contributed by atoms with Gasteiger partial charge in [0.1, 0.15) is 6.10 Å². The van der Waals surface area contributed by atoms with Crippen molar-refractivity contribution in [3.63, 3.8) is 0 Å². The highest BCUT2D eigenvalue weighted by Crippen LogP contribution is 2.78. The van der Waals surface area contributed by atoms with Crippen molar-refractivity contribution in [1.29, 1.82) is 0 Å². The minimum atomic E-state index is -1.16. The highest BCUT2D eigenvalue weighted by molar-refractivity contribution is 5.81. The molecule has 3 N–H and O–H groups in total. The van der Waals surface area contributed by atoms with Crippen LogP contribution in [0, 0.1) is 56.2 Å². The molecule has 52 heavy (non-hydrogen) atoms. The Morgan fingerprint density at radius 2 is 1.62 bits per heavy atom. The summed E-state index contributed by atoms with van der Waals surface area (Å²) < 4.78 is 6.19. The topological polar surface area (TPSA) is 113 Å². The molecule has 294 valence electrons. The van der Waals surface area contributed by atoms with Gasteiger partial charge in [-0.2, -0.15) is 0 Å². The number of hydrogen-bond acceptors (Lipinski definition) is 6. The number of aliphatic carboxylic acids is 1. The predicted octanol–water partition coefficient (Wildman–Crippen LogP) is 8.08. The number of amides is 1. The van der Waals surface area contributed by atoms with Gasteiger partial charge in [0.25, 0.3) is 0 Å². The molecule has 1 heterocycles. The molecule has 5 saturated carbocycles. The zero-order chi connectivity index (χ0) is 38.4. The third-order valence-corrected chi connectivity index (χ3v) is 17.8. The third kappa shape index (κ3) is 5.75. The van der Waals surface area contributed by atoms with Gasteiger partial charge in [-0.3, -0.25) is 14.4 Å². The number of carbonyl (C=O) groups is 3. The van der Waals surface area contributed by atoms with Crippen LogP contribution in [0.4, 0.5) is 0 Å². The van der Waals surface area contributed by atoms with E-state index < -0.39 is 17.4 Å². The average molecular weight is 724 g/mol. The predicted molar refractivity (Wildman–Crippen MR) is 206 cm³/mol. The lowest BCUT2D eigenvalue weighted by atomic mass is 9.29. The third-order valence-electron chi connectivity index (χ3n) is 17.8. The summed E-state index contributed by atoms with van der Waals surface area (Å²) in [6.07, 6.45) is 12.8. The molecule has 0 bridgehead atoms. The normalized spacial score (nSPS) is 44.0. The van der Waals surface area contributed by atoms with Gasteiger partial charge < -0.3 is 25.4 Å². The summed E-state index contributed by atoms with van der Waals surface area (Å²) in [7, 11) is 4.24. The van der Waals surface area contributed by atoms with E-state index in [4.69, 9.17) is 10.5 Å². The molecule has 11 atom stereocenters. The molecule has 0 radical (unpaired) electrons. The Morgan fingerprint density at radius 3 is 2.25 bits per heavy atom. The van der Waals surface area contributed by atoms with Crippen molar-refractivity contribution in [2.24, 2.45) is 61.9 Å². The first-order valence-corrected chi connectivity index (χ1v) is 20.8. The van der Waals surface area contributed by atoms with Crippen LogP contribution in [0.1, 0.15) is 145 Å². The van der Waals surface area contributed by atoms with E-state index in [0.717, 1.165) is 90.1 Å². The molecule has 5 aliphatic carbocycles. The summed E-state index contributed by atoms with van der Waals surface area (Å²) in [6, 6.07) is 0.325. The van der Waals surface area contributed by atoms with Crippen LogP contribution in [0.2, 0.25) is 0 Å². The van der Waals surface area contributed by atoms with E-state index in [-0.39, 0.29) is 51.1 Å². The number of likely N-dealkylation sites (N-methyl/N-ethyl adjacent to an activating group) is 1. The van der Waals surface area contributed by atoms with Crippen molar-refractivity contribution >= 4 is 17.8 Å². The fraction of sp³-hybridized carbons (Fsp3) is 0.886. The molecule has 1 amide bonds. The van der Waals surface area contributed by atoms with Gasteiger partial charge in [0, 0.05) is 36.5 Å². The molecule has 6 rings (SSSR count). The first-order valence-electron chi connectivity index (χ1n) is 20.8. The molecule has 1 aliphatic heterocycles. The van der Waals surface area contributed by atoms with Crippen LogP contribution in [0.25, 0.3) is 0 Å². The van der Waals surface area contributed by atoms with Crippen molar-refractivity contribution in [2.75, 3.05) is 27.2 Å². The molecule has 0 spiro atoms. The molecule has 8 heteroatoms. The number of ether oxygens (including phenoxy) is 1. The second-order valence-electron chi connectivity index (χ2n) is 21.3. The first kappa shape index (κ1) is 39.8. The molecule has 6 aliphatic rings. The number of hydrogen-bond donors (Lipinski definition) is 2. The second kappa shape index (κ2) is 13.1. The number of carboxylic acids is 1. The van der Waals surface area contributed by atoms with Crippen LogP contribution in [-0.2, 0) is 19.1 Å². The van der Waals surface area contributed by atoms with Crippen LogP contribution in [-0.4, -0.2) is 77.6 Å². The van der Waals surface area contributed by atoms with E-state index >= 15 is 0 Å². The second-order valence-corrected chi connectivity index (χ2v) is 21.3. The summed E-state index contributed by atoms with van der Waals surface area (Å²) in [5, 5.41) is 9.63. The van der Waals surface area contributed by atoms with Crippen molar-refractivity contribution in [1.82, 2.24) is 9.80 Å². The van der Waals surface area contributed by atoms with Gasteiger partial charge in [-0.15, -0.1) is 0 Å². The van der Waals surface area contributed by atoms with Gasteiger partial charge in [-0.25, -0.2) is 0 Å². The number of fused-ring (bicyclic) bond motifs is 7. The molecule has 1 saturated heterocycles. The van der Waals surface area contributed by atoms with E-state index in [1.165, 1.54) is 5.57 Å². The van der Waals surface area contributed by atoms with Crippen molar-refractivity contribution in [3.8, 4) is 0 Å². The van der Waals surface area contributed by atoms with Crippen LogP contribution >= 0.6 is 0 Å². The number of allylic oxidation sites excluding steroid dienone is 1. The number of esters is 1. The van der Waals surface area contributed by atoms with Crippen molar-refractivity contribution in [2.45, 2.75) is 163 Å². The van der Waals surface area contributed by atoms with Gasteiger partial charge in [0.2, 0.25) is 5.91 Å². The summed E-state index contributed by atoms with van der Waals surface area (Å²) in [5.41, 5.74) is 7.41. The quantitative estimate of drug-likeness (QED) is 0.183. The number of carboxylic acid groups (broad SMARTS) is 1. The number of nitrogens with zero attached hydrogens (tertiary/aromatic N) is 2. The molecule has 0 aromatic carbocycles. The molecule has 1 unspecified atom stereocenters. The number of carbonyl (C=O) groups excluding carboxylic acids is 2. The van der Waals surface area contributed by atoms with E-state index in [0.29, 0.717) is 36.1 Å². The number of rotatable bonds is 9. The van der Waals surface area contributed by atoms with E-state index in [1.54, 1.807) is 13.8 Å². The highest BCUT2D eigenvalue weighted by atomic mass is 16.5. The van der Waals surface area contributed by atoms with Crippen molar-refractivity contribution in [3.05, 3.63) is 12.2 Å². The Hall–Kier alpha value is -1.93. The zero-order valence-electron chi connectivity index (χ0n) is 34.5. The SMILES string of the molecule is C=C(C)[C@@H]1CC[C@]2(CC(=O)N3CCC[C@@H]3CN(C)C)CC[C@]3(C)[C@H](CC[C@@]4(N)[C@@]3(C)CC[C@H]3C(C)(C)C(OC(=O)CC(C)(C)C(=O)O)CC[C@@]34C)[C@@H]12. The number of nitrogens with two attached hydrogens (primary N) is 1. The number of likely N-dealkylation sites (tertiary alicyclic amines) is 1. The van der Waals surface area contributed by atoms with Gasteiger partial charge >= 0.3 is 11.9 Å². The molecule has 8 nitrogen and oxygen atoms in total. The van der Waals surface area contributed by atoms with Gasteiger partial charge in [-0.1, -0.05) is 46.8 Å². The Labute approximate surface area is 315 Å². The maximum Gasteiger partial charge on any atom is 0.309 e. The summed E-state index contributed by atoms with van der Waals surface area (Å²) >= 11 is 0. The maximum absolute atomic E-state index is 14.4. The van der Waals surface area contributed by atoms with Gasteiger partial charge in [0.15, 0.2) is 0 Å². The fourth-order valence-corrected chi connectivity index (χ4v) is 14.6. The van der Waals surface area contributed by atoms with Gasteiger partial charge in [-0.05, 0) is 157 Å². The maximum atomic E-state index is 14.4. The van der Waals surface area contributed by atoms with Crippen LogP contribution in [0.3, 0.4) is 0 Å². The lowest BCUT2D eigenvalue weighted by Crippen LogP contribution is -2.78. The molecule has 6 fully saturated rings. The van der Waals surface area contributed by atoms with E-state index in [9.17, 15) is 19.5 Å². The lowest BCUT2D eigenvalue weighted by Gasteiger charge is -2.77. The molecule has 0 aromatic heterocycles. The van der Waals surface area contributed by atoms with Gasteiger partial charge in [0.05, 0.1) is 11.8 Å². The van der Waals surface area contributed by atoms with E-state index in [2.05, 4.69) is 72.0 Å². The van der Waals surface area contributed by atoms with Crippen molar-refractivity contribution < 1.29 is 24.2 Å². The van der Waals surface area contributed by atoms with E-state index in [1.807, 2.05) is 0 Å². The Morgan fingerprint density at radius 1 is 0.923 bits per heavy atom. The molecular weight excluding hydrogens is 651 g/mol. The zero-order valence-corrected chi connectivity index (χ0v) is 34.5. The largest absolute Gasteiger partial charge is 0.481 e. The Bertz CT molecular complexity index is 1460. The minimum absolute atomic E-state index is 0.0291. The lowest BCUT2D eigenvalue weighted by molar-refractivity contribution is -0.260. The fourth-order valence-electron chi connectivity index (χ4n) is 14.6. The standard InChI is InChI=1S/C44H73N3O5/c1-28(2)30-14-20-43(25-34(48)47-24-12-13-29(47)27-46(10)11)23-22-40(7)31(36(30)43)15-21-44(45)41(8)18-17-33(52-35(49)26-38(3,4)37(50)51)39(5,6)32(41)16-19-42(40,44)9/h29-33,36H,1,12-27,45H2,2-11H3,(H,50,51)/t29-,30+,31-,32+,33?,36-,40-,41+,42+,43-,44+/m1/s1. The highest BCUT2D eigenvalue weighted by Gasteiger charge is 2.75. The molecule has 0 aromatic rings. The van der Waals surface area contributed by atoms with Crippen LogP contribution in [0.5, 0.6) is 0 Å². The average Bonchev–Trinajstić information content (AvgIpc) is 3.65. The monoisotopic (exact) mass is 724 g/mol. The Kier molecular flexibility index (Phi) is 10.0. The van der Waals surface area contributed by atoms with Crippen LogP contribution in [0.15, 0.2) is 12.2 Å². The summed E-state index contributed by atoms with van der Waals surface area (Å²) in [4.78, 5) is 43.7. The van der Waals surface area contributed by atoms with Crippen LogP contribution < -0.4 is 5.73 Å². The summed E-state index contributed by atoms with van der Waals surface area (Å²) in [6.45, 7) is 24.0. The Balaban J connectivity index is 1.27. The summed E-state index contributed by atoms with van der Waals surface area (Å²) in [5.74, 6) is 0.660. The molecular formula is C44H73N3O5. The first-order chi connectivity index (χ1) is 24.0. The minimum Gasteiger partial charge on any atom is -0.481 e. The smallest absolute Gasteiger partial charge is 0.309 e.